The lowest BCUT2D eigenvalue weighted by Gasteiger charge is -2.47. The summed E-state index contributed by atoms with van der Waals surface area (Å²) in [6.45, 7) is 7.90. The van der Waals surface area contributed by atoms with E-state index < -0.39 is 0 Å². The largest absolute Gasteiger partial charge is 0.328 e. The lowest BCUT2D eigenvalue weighted by Crippen LogP contribution is -2.62. The Kier molecular flexibility index (Phi) is 1.95. The molecular weight excluding hydrogens is 178 g/mol. The van der Waals surface area contributed by atoms with Gasteiger partial charge in [0, 0.05) is 5.92 Å². The van der Waals surface area contributed by atoms with Crippen molar-refractivity contribution in [2.75, 3.05) is 0 Å². The number of rotatable bonds is 1. The van der Waals surface area contributed by atoms with Crippen molar-refractivity contribution in [2.24, 2.45) is 17.8 Å². The quantitative estimate of drug-likeness (QED) is 0.587. The molecule has 0 spiro atoms. The average molecular weight is 195 g/mol. The highest BCUT2D eigenvalue weighted by Gasteiger charge is 2.60. The number of fused-ring (bicyclic) bond motifs is 1. The summed E-state index contributed by atoms with van der Waals surface area (Å²) >= 11 is 0. The average Bonchev–Trinajstić information content (AvgIpc) is 2.26. The minimum atomic E-state index is -0.183. The predicted octanol–water partition coefficient (Wildman–Crippen LogP) is 1.08. The van der Waals surface area contributed by atoms with E-state index >= 15 is 0 Å². The van der Waals surface area contributed by atoms with E-state index in [0.29, 0.717) is 5.92 Å². The summed E-state index contributed by atoms with van der Waals surface area (Å²) in [7, 11) is 0. The summed E-state index contributed by atoms with van der Waals surface area (Å²) in [4.78, 5) is 25.2. The Morgan fingerprint density at radius 2 is 1.79 bits per heavy atom. The van der Waals surface area contributed by atoms with Crippen molar-refractivity contribution in [3.05, 3.63) is 0 Å². The lowest BCUT2D eigenvalue weighted by atomic mass is 9.76. The molecule has 3 heteroatoms. The SMILES string of the molecule is CC(C)[C@H]1C(=O)N2C(C)C(=O)[C@H](C)[C@H]12. The van der Waals surface area contributed by atoms with E-state index in [0.717, 1.165) is 0 Å². The topological polar surface area (TPSA) is 37.4 Å². The fourth-order valence-electron chi connectivity index (χ4n) is 2.92. The predicted molar refractivity (Wildman–Crippen MR) is 52.6 cm³/mol. The van der Waals surface area contributed by atoms with Gasteiger partial charge in [-0.25, -0.2) is 0 Å². The molecular formula is C11H17NO2. The van der Waals surface area contributed by atoms with Crippen LogP contribution in [0.4, 0.5) is 0 Å². The van der Waals surface area contributed by atoms with E-state index in [1.807, 2.05) is 13.8 Å². The van der Waals surface area contributed by atoms with Gasteiger partial charge in [-0.15, -0.1) is 0 Å². The Bertz CT molecular complexity index is 298. The molecule has 4 atom stereocenters. The third-order valence-electron chi connectivity index (χ3n) is 3.74. The number of carbonyl (C=O) groups excluding carboxylic acids is 2. The van der Waals surface area contributed by atoms with E-state index in [4.69, 9.17) is 0 Å². The Morgan fingerprint density at radius 3 is 2.29 bits per heavy atom. The fraction of sp³-hybridized carbons (Fsp3) is 0.818. The Morgan fingerprint density at radius 1 is 1.21 bits per heavy atom. The third-order valence-corrected chi connectivity index (χ3v) is 3.74. The summed E-state index contributed by atoms with van der Waals surface area (Å²) < 4.78 is 0. The van der Waals surface area contributed by atoms with E-state index in [-0.39, 0.29) is 35.6 Å². The highest BCUT2D eigenvalue weighted by molar-refractivity contribution is 6.00. The number of Topliss-reactive ketones (excluding diaryl/α,β-unsaturated/α-hetero) is 1. The Balaban J connectivity index is 2.27. The van der Waals surface area contributed by atoms with Crippen molar-refractivity contribution < 1.29 is 9.59 Å². The molecule has 2 rings (SSSR count). The third kappa shape index (κ3) is 0.928. The second-order valence-corrected chi connectivity index (χ2v) is 4.87. The number of β-lactam (4-membered cyclic amide) rings is 1. The van der Waals surface area contributed by atoms with Crippen LogP contribution in [-0.4, -0.2) is 28.7 Å². The fourth-order valence-corrected chi connectivity index (χ4v) is 2.92. The summed E-state index contributed by atoms with van der Waals surface area (Å²) in [5, 5.41) is 0. The number of hydrogen-bond donors (Lipinski definition) is 0. The molecule has 2 heterocycles. The van der Waals surface area contributed by atoms with Crippen LogP contribution in [-0.2, 0) is 9.59 Å². The number of nitrogens with zero attached hydrogens (tertiary/aromatic N) is 1. The van der Waals surface area contributed by atoms with Gasteiger partial charge < -0.3 is 4.90 Å². The van der Waals surface area contributed by atoms with Crippen molar-refractivity contribution in [1.82, 2.24) is 4.90 Å². The normalized spacial score (nSPS) is 41.6. The molecule has 14 heavy (non-hydrogen) atoms. The van der Waals surface area contributed by atoms with Gasteiger partial charge in [0.2, 0.25) is 5.91 Å². The maximum absolute atomic E-state index is 11.8. The van der Waals surface area contributed by atoms with Crippen LogP contribution in [0, 0.1) is 17.8 Å². The first-order valence-electron chi connectivity index (χ1n) is 5.32. The van der Waals surface area contributed by atoms with Gasteiger partial charge in [-0.2, -0.15) is 0 Å². The molecule has 0 aromatic heterocycles. The van der Waals surface area contributed by atoms with Crippen LogP contribution in [0.2, 0.25) is 0 Å². The maximum Gasteiger partial charge on any atom is 0.228 e. The van der Waals surface area contributed by atoms with Gasteiger partial charge in [-0.3, -0.25) is 9.59 Å². The van der Waals surface area contributed by atoms with Crippen molar-refractivity contribution in [2.45, 2.75) is 39.8 Å². The zero-order valence-corrected chi connectivity index (χ0v) is 9.15. The van der Waals surface area contributed by atoms with Crippen molar-refractivity contribution >= 4 is 11.7 Å². The van der Waals surface area contributed by atoms with Crippen molar-refractivity contribution in [3.63, 3.8) is 0 Å². The lowest BCUT2D eigenvalue weighted by molar-refractivity contribution is -0.160. The summed E-state index contributed by atoms with van der Waals surface area (Å²) in [6.07, 6.45) is 0. The highest BCUT2D eigenvalue weighted by atomic mass is 16.2. The minimum absolute atomic E-state index is 0.0371. The molecule has 2 fully saturated rings. The van der Waals surface area contributed by atoms with Crippen LogP contribution in [0.1, 0.15) is 27.7 Å². The number of amides is 1. The first-order valence-corrected chi connectivity index (χ1v) is 5.32. The zero-order valence-electron chi connectivity index (χ0n) is 9.15. The molecule has 78 valence electrons. The van der Waals surface area contributed by atoms with Crippen LogP contribution in [0.3, 0.4) is 0 Å². The monoisotopic (exact) mass is 195 g/mol. The molecule has 2 aliphatic heterocycles. The molecule has 0 N–H and O–H groups in total. The van der Waals surface area contributed by atoms with Crippen LogP contribution in [0.5, 0.6) is 0 Å². The molecule has 0 aromatic rings. The molecule has 2 aliphatic rings. The molecule has 0 bridgehead atoms. The molecule has 0 saturated carbocycles. The van der Waals surface area contributed by atoms with Crippen LogP contribution in [0.25, 0.3) is 0 Å². The maximum atomic E-state index is 11.8. The van der Waals surface area contributed by atoms with Gasteiger partial charge >= 0.3 is 0 Å². The van der Waals surface area contributed by atoms with Gasteiger partial charge in [-0.1, -0.05) is 20.8 Å². The van der Waals surface area contributed by atoms with E-state index in [2.05, 4.69) is 13.8 Å². The molecule has 0 aromatic carbocycles. The smallest absolute Gasteiger partial charge is 0.228 e. The number of carbonyl (C=O) groups is 2. The first kappa shape index (κ1) is 9.69. The molecule has 1 amide bonds. The van der Waals surface area contributed by atoms with Gasteiger partial charge in [0.15, 0.2) is 5.78 Å². The Labute approximate surface area is 84.5 Å². The molecule has 2 saturated heterocycles. The second kappa shape index (κ2) is 2.81. The molecule has 0 radical (unpaired) electrons. The van der Waals surface area contributed by atoms with E-state index in [9.17, 15) is 9.59 Å². The standard InChI is InChI=1S/C11H17NO2/c1-5(2)8-9-6(3)10(13)7(4)12(9)11(8)14/h5-9H,1-4H3/t6-,7?,8-,9-/m1/s1. The summed E-state index contributed by atoms with van der Waals surface area (Å²) in [5.41, 5.74) is 0. The van der Waals surface area contributed by atoms with Gasteiger partial charge in [0.25, 0.3) is 0 Å². The Hall–Kier alpha value is -0.860. The van der Waals surface area contributed by atoms with Gasteiger partial charge in [-0.05, 0) is 12.8 Å². The van der Waals surface area contributed by atoms with Gasteiger partial charge in [0.05, 0.1) is 18.0 Å². The number of ketones is 1. The first-order chi connectivity index (χ1) is 6.46. The number of hydrogen-bond acceptors (Lipinski definition) is 2. The van der Waals surface area contributed by atoms with Crippen molar-refractivity contribution in [3.8, 4) is 0 Å². The van der Waals surface area contributed by atoms with E-state index in [1.165, 1.54) is 0 Å². The minimum Gasteiger partial charge on any atom is -0.328 e. The molecule has 3 nitrogen and oxygen atoms in total. The summed E-state index contributed by atoms with van der Waals surface area (Å²) in [6, 6.07) is 0.00231. The van der Waals surface area contributed by atoms with E-state index in [1.54, 1.807) is 4.90 Å². The van der Waals surface area contributed by atoms with Crippen LogP contribution in [0.15, 0.2) is 0 Å². The summed E-state index contributed by atoms with van der Waals surface area (Å²) in [5.74, 6) is 0.875. The van der Waals surface area contributed by atoms with Gasteiger partial charge in [0.1, 0.15) is 0 Å². The molecule has 1 unspecified atom stereocenters. The highest BCUT2D eigenvalue weighted by Crippen LogP contribution is 2.44. The zero-order chi connectivity index (χ0) is 10.6. The van der Waals surface area contributed by atoms with Crippen LogP contribution < -0.4 is 0 Å². The van der Waals surface area contributed by atoms with Crippen LogP contribution >= 0.6 is 0 Å². The molecule has 0 aliphatic carbocycles. The second-order valence-electron chi connectivity index (χ2n) is 4.87. The van der Waals surface area contributed by atoms with Crippen molar-refractivity contribution in [1.29, 1.82) is 0 Å².